The van der Waals surface area contributed by atoms with Crippen LogP contribution in [0.3, 0.4) is 0 Å². The Morgan fingerprint density at radius 3 is 2.53 bits per heavy atom. The van der Waals surface area contributed by atoms with E-state index in [0.29, 0.717) is 0 Å². The maximum absolute atomic E-state index is 13.0. The Labute approximate surface area is 96.9 Å². The van der Waals surface area contributed by atoms with Crippen LogP contribution in [0, 0.1) is 5.82 Å². The van der Waals surface area contributed by atoms with Gasteiger partial charge in [0.25, 0.3) is 10.1 Å². The molecule has 84 valence electrons. The molecule has 0 spiro atoms. The van der Waals surface area contributed by atoms with Gasteiger partial charge in [-0.05, 0) is 19.1 Å². The van der Waals surface area contributed by atoms with Crippen LogP contribution in [0.25, 0.3) is 0 Å². The van der Waals surface area contributed by atoms with Gasteiger partial charge in [0.1, 0.15) is 10.7 Å². The number of hydrogen-bond donors (Lipinski definition) is 0. The molecule has 0 heterocycles. The first kappa shape index (κ1) is 12.7. The van der Waals surface area contributed by atoms with E-state index in [1.807, 2.05) is 0 Å². The quantitative estimate of drug-likeness (QED) is 0.628. The van der Waals surface area contributed by atoms with Crippen molar-refractivity contribution in [2.45, 2.75) is 11.8 Å². The van der Waals surface area contributed by atoms with Crippen molar-refractivity contribution < 1.29 is 17.0 Å². The Morgan fingerprint density at radius 1 is 1.40 bits per heavy atom. The summed E-state index contributed by atoms with van der Waals surface area (Å²) in [6, 6.07) is 2.09. The topological polar surface area (TPSA) is 43.4 Å². The van der Waals surface area contributed by atoms with Crippen molar-refractivity contribution in [3.05, 3.63) is 28.0 Å². The molecule has 0 atom stereocenters. The highest BCUT2D eigenvalue weighted by atomic mass is 35.5. The first-order valence-electron chi connectivity index (χ1n) is 3.93. The molecular weight excluding hydrogens is 266 g/mol. The summed E-state index contributed by atoms with van der Waals surface area (Å²) < 4.78 is 40.4. The first-order valence-corrected chi connectivity index (χ1v) is 6.09. The van der Waals surface area contributed by atoms with Crippen LogP contribution in [0.1, 0.15) is 6.92 Å². The van der Waals surface area contributed by atoms with Crippen molar-refractivity contribution in [3.63, 3.8) is 0 Å². The van der Waals surface area contributed by atoms with Crippen molar-refractivity contribution in [1.29, 1.82) is 0 Å². The van der Waals surface area contributed by atoms with Gasteiger partial charge < -0.3 is 0 Å². The summed E-state index contributed by atoms with van der Waals surface area (Å²) in [5.41, 5.74) is 0. The zero-order valence-electron chi connectivity index (χ0n) is 7.63. The van der Waals surface area contributed by atoms with Crippen LogP contribution in [0.2, 0.25) is 10.0 Å². The van der Waals surface area contributed by atoms with Gasteiger partial charge in [0.2, 0.25) is 0 Å². The van der Waals surface area contributed by atoms with E-state index in [0.717, 1.165) is 12.1 Å². The maximum atomic E-state index is 13.0. The summed E-state index contributed by atoms with van der Waals surface area (Å²) in [5.74, 6) is -0.862. The second-order valence-electron chi connectivity index (χ2n) is 2.53. The molecule has 1 rings (SSSR count). The van der Waals surface area contributed by atoms with Gasteiger partial charge in [-0.1, -0.05) is 23.2 Å². The molecule has 0 aliphatic carbocycles. The number of benzene rings is 1. The molecular formula is C8H7Cl2FO3S. The zero-order valence-corrected chi connectivity index (χ0v) is 9.96. The average molecular weight is 273 g/mol. The molecule has 0 saturated heterocycles. The van der Waals surface area contributed by atoms with Gasteiger partial charge in [0, 0.05) is 0 Å². The summed E-state index contributed by atoms with van der Waals surface area (Å²) in [6.45, 7) is 1.41. The second kappa shape index (κ2) is 4.65. The minimum absolute atomic E-state index is 0.0779. The van der Waals surface area contributed by atoms with E-state index in [4.69, 9.17) is 23.2 Å². The van der Waals surface area contributed by atoms with Crippen LogP contribution < -0.4 is 0 Å². The van der Waals surface area contributed by atoms with Crippen molar-refractivity contribution in [2.24, 2.45) is 0 Å². The molecule has 0 aromatic heterocycles. The number of rotatable bonds is 3. The Morgan fingerprint density at radius 2 is 2.00 bits per heavy atom. The van der Waals surface area contributed by atoms with Crippen LogP contribution in [0.15, 0.2) is 17.0 Å². The van der Waals surface area contributed by atoms with Crippen LogP contribution in [0.5, 0.6) is 0 Å². The summed E-state index contributed by atoms with van der Waals surface area (Å²) in [6.07, 6.45) is 0. The third-order valence-electron chi connectivity index (χ3n) is 1.52. The van der Waals surface area contributed by atoms with Crippen LogP contribution in [0.4, 0.5) is 4.39 Å². The molecule has 0 saturated carbocycles. The van der Waals surface area contributed by atoms with E-state index in [1.54, 1.807) is 0 Å². The van der Waals surface area contributed by atoms with E-state index in [2.05, 4.69) is 4.18 Å². The third-order valence-corrected chi connectivity index (χ3v) is 3.90. The second-order valence-corrected chi connectivity index (χ2v) is 4.87. The fourth-order valence-electron chi connectivity index (χ4n) is 0.952. The van der Waals surface area contributed by atoms with Crippen molar-refractivity contribution in [2.75, 3.05) is 6.61 Å². The molecule has 1 aromatic rings. The molecule has 0 fully saturated rings. The summed E-state index contributed by atoms with van der Waals surface area (Å²) in [7, 11) is -4.10. The Balaban J connectivity index is 3.43. The molecule has 0 N–H and O–H groups in total. The highest BCUT2D eigenvalue weighted by Gasteiger charge is 2.24. The number of hydrogen-bond acceptors (Lipinski definition) is 3. The molecule has 0 aliphatic rings. The summed E-state index contributed by atoms with van der Waals surface area (Å²) >= 11 is 11.1. The van der Waals surface area contributed by atoms with Crippen molar-refractivity contribution in [1.82, 2.24) is 0 Å². The summed E-state index contributed by atoms with van der Waals surface area (Å²) in [5, 5.41) is -0.731. The monoisotopic (exact) mass is 272 g/mol. The van der Waals surface area contributed by atoms with E-state index < -0.39 is 25.9 Å². The Hall–Kier alpha value is -0.360. The van der Waals surface area contributed by atoms with Gasteiger partial charge in [-0.3, -0.25) is 4.18 Å². The van der Waals surface area contributed by atoms with Crippen molar-refractivity contribution in [3.8, 4) is 0 Å². The zero-order chi connectivity index (χ0) is 11.6. The maximum Gasteiger partial charge on any atom is 0.300 e. The molecule has 0 radical (unpaired) electrons. The minimum atomic E-state index is -4.10. The molecule has 7 heteroatoms. The van der Waals surface area contributed by atoms with Gasteiger partial charge in [-0.2, -0.15) is 8.42 Å². The third kappa shape index (κ3) is 2.60. The predicted molar refractivity (Wildman–Crippen MR) is 55.2 cm³/mol. The van der Waals surface area contributed by atoms with E-state index >= 15 is 0 Å². The molecule has 0 bridgehead atoms. The molecule has 3 nitrogen and oxygen atoms in total. The first-order chi connectivity index (χ1) is 6.90. The van der Waals surface area contributed by atoms with Crippen LogP contribution in [-0.4, -0.2) is 15.0 Å². The predicted octanol–water partition coefficient (Wildman–Crippen LogP) is 2.86. The van der Waals surface area contributed by atoms with Crippen LogP contribution >= 0.6 is 23.2 Å². The highest BCUT2D eigenvalue weighted by molar-refractivity contribution is 7.87. The normalized spacial score (nSPS) is 11.7. The van der Waals surface area contributed by atoms with Gasteiger partial charge in [0.05, 0.1) is 16.7 Å². The Kier molecular flexibility index (Phi) is 3.94. The van der Waals surface area contributed by atoms with E-state index in [1.165, 1.54) is 6.92 Å². The van der Waals surface area contributed by atoms with Gasteiger partial charge in [-0.25, -0.2) is 4.39 Å². The van der Waals surface area contributed by atoms with Crippen molar-refractivity contribution >= 4 is 33.3 Å². The minimum Gasteiger partial charge on any atom is -0.267 e. The fourth-order valence-corrected chi connectivity index (χ4v) is 2.94. The SMILES string of the molecule is CCOS(=O)(=O)c1c(Cl)ccc(F)c1Cl. The van der Waals surface area contributed by atoms with Crippen LogP contribution in [-0.2, 0) is 14.3 Å². The average Bonchev–Trinajstić information content (AvgIpc) is 2.11. The lowest BCUT2D eigenvalue weighted by molar-refractivity contribution is 0.338. The van der Waals surface area contributed by atoms with Gasteiger partial charge >= 0.3 is 0 Å². The standard InChI is InChI=1S/C8H7Cl2FO3S/c1-2-14-15(12,13)8-5(9)3-4-6(11)7(8)10/h3-4H,2H2,1H3. The van der Waals surface area contributed by atoms with Gasteiger partial charge in [0.15, 0.2) is 0 Å². The lowest BCUT2D eigenvalue weighted by Crippen LogP contribution is -2.08. The summed E-state index contributed by atoms with van der Waals surface area (Å²) in [4.78, 5) is -0.535. The lowest BCUT2D eigenvalue weighted by Gasteiger charge is -2.07. The molecule has 0 aliphatic heterocycles. The largest absolute Gasteiger partial charge is 0.300 e. The fraction of sp³-hybridized carbons (Fsp3) is 0.250. The lowest BCUT2D eigenvalue weighted by atomic mass is 10.3. The molecule has 0 unspecified atom stereocenters. The van der Waals surface area contributed by atoms with E-state index in [9.17, 15) is 12.8 Å². The highest BCUT2D eigenvalue weighted by Crippen LogP contribution is 2.32. The molecule has 15 heavy (non-hydrogen) atoms. The number of halogens is 3. The molecule has 1 aromatic carbocycles. The molecule has 0 amide bonds. The van der Waals surface area contributed by atoms with Gasteiger partial charge in [-0.15, -0.1) is 0 Å². The smallest absolute Gasteiger partial charge is 0.267 e. The van der Waals surface area contributed by atoms with E-state index in [-0.39, 0.29) is 11.6 Å². The Bertz CT molecular complexity index is 473.